The van der Waals surface area contributed by atoms with Crippen LogP contribution >= 0.6 is 15.9 Å². The standard InChI is InChI=1S/C14H16BrN3O2/c1-20-13-6-3-10(15)9-12(13)17-14(19)18(8-2-7-16)11-4-5-11/h3,6,9,11H,2,4-5,8H2,1H3,(H,17,19). The van der Waals surface area contributed by atoms with Gasteiger partial charge in [-0.3, -0.25) is 0 Å². The molecule has 0 unspecified atom stereocenters. The van der Waals surface area contributed by atoms with E-state index in [1.165, 1.54) is 0 Å². The van der Waals surface area contributed by atoms with Crippen LogP contribution in [0.3, 0.4) is 0 Å². The molecule has 6 heteroatoms. The summed E-state index contributed by atoms with van der Waals surface area (Å²) in [7, 11) is 1.56. The fourth-order valence-corrected chi connectivity index (χ4v) is 2.33. The largest absolute Gasteiger partial charge is 0.495 e. The van der Waals surface area contributed by atoms with E-state index in [-0.39, 0.29) is 12.1 Å². The van der Waals surface area contributed by atoms with Gasteiger partial charge in [-0.25, -0.2) is 4.79 Å². The van der Waals surface area contributed by atoms with Gasteiger partial charge < -0.3 is 15.0 Å². The zero-order chi connectivity index (χ0) is 14.5. The first-order chi connectivity index (χ1) is 9.65. The monoisotopic (exact) mass is 337 g/mol. The summed E-state index contributed by atoms with van der Waals surface area (Å²) in [6.07, 6.45) is 2.36. The lowest BCUT2D eigenvalue weighted by Gasteiger charge is -2.22. The molecule has 0 spiro atoms. The Balaban J connectivity index is 2.09. The molecule has 1 aliphatic rings. The highest BCUT2D eigenvalue weighted by Crippen LogP contribution is 2.31. The van der Waals surface area contributed by atoms with Crippen molar-refractivity contribution in [1.29, 1.82) is 5.26 Å². The number of methoxy groups -OCH3 is 1. The molecule has 1 saturated carbocycles. The van der Waals surface area contributed by atoms with Crippen molar-refractivity contribution in [1.82, 2.24) is 4.90 Å². The third-order valence-corrected chi connectivity index (χ3v) is 3.61. The molecule has 1 aromatic carbocycles. The van der Waals surface area contributed by atoms with Gasteiger partial charge in [0.2, 0.25) is 0 Å². The number of halogens is 1. The van der Waals surface area contributed by atoms with E-state index in [1.54, 1.807) is 24.1 Å². The molecule has 0 radical (unpaired) electrons. The van der Waals surface area contributed by atoms with Crippen LogP contribution in [0, 0.1) is 11.3 Å². The second-order valence-electron chi connectivity index (χ2n) is 4.61. The van der Waals surface area contributed by atoms with Crippen molar-refractivity contribution in [3.05, 3.63) is 22.7 Å². The third-order valence-electron chi connectivity index (χ3n) is 3.12. The molecule has 0 aliphatic heterocycles. The number of nitrogens with zero attached hydrogens (tertiary/aromatic N) is 2. The summed E-state index contributed by atoms with van der Waals surface area (Å²) >= 11 is 3.37. The number of nitriles is 1. The van der Waals surface area contributed by atoms with Gasteiger partial charge in [-0.15, -0.1) is 0 Å². The second-order valence-corrected chi connectivity index (χ2v) is 5.52. The number of ether oxygens (including phenoxy) is 1. The number of amides is 2. The molecule has 2 rings (SSSR count). The minimum atomic E-state index is -0.181. The molecular weight excluding hydrogens is 322 g/mol. The molecule has 0 atom stereocenters. The van der Waals surface area contributed by atoms with E-state index in [1.807, 2.05) is 6.07 Å². The van der Waals surface area contributed by atoms with E-state index in [0.29, 0.717) is 24.4 Å². The number of carbonyl (C=O) groups is 1. The second kappa shape index (κ2) is 6.62. The van der Waals surface area contributed by atoms with E-state index in [9.17, 15) is 4.79 Å². The minimum Gasteiger partial charge on any atom is -0.495 e. The Hall–Kier alpha value is -1.74. The maximum absolute atomic E-state index is 12.3. The molecule has 1 N–H and O–H groups in total. The Kier molecular flexibility index (Phi) is 4.85. The van der Waals surface area contributed by atoms with Crippen LogP contribution in [0.25, 0.3) is 0 Å². The van der Waals surface area contributed by atoms with Crippen LogP contribution in [-0.2, 0) is 0 Å². The van der Waals surface area contributed by atoms with Gasteiger partial charge in [0.25, 0.3) is 0 Å². The Morgan fingerprint density at radius 1 is 1.60 bits per heavy atom. The first kappa shape index (κ1) is 14.7. The van der Waals surface area contributed by atoms with Crippen LogP contribution < -0.4 is 10.1 Å². The summed E-state index contributed by atoms with van der Waals surface area (Å²) in [4.78, 5) is 14.0. The summed E-state index contributed by atoms with van der Waals surface area (Å²) < 4.78 is 6.10. The molecular formula is C14H16BrN3O2. The number of anilines is 1. The maximum atomic E-state index is 12.3. The van der Waals surface area contributed by atoms with E-state index in [4.69, 9.17) is 10.00 Å². The highest BCUT2D eigenvalue weighted by molar-refractivity contribution is 9.10. The van der Waals surface area contributed by atoms with Gasteiger partial charge in [-0.1, -0.05) is 15.9 Å². The van der Waals surface area contributed by atoms with Crippen LogP contribution in [0.5, 0.6) is 5.75 Å². The third kappa shape index (κ3) is 3.64. The summed E-state index contributed by atoms with van der Waals surface area (Å²) in [6.45, 7) is 0.462. The molecule has 0 heterocycles. The Bertz CT molecular complexity index is 538. The van der Waals surface area contributed by atoms with Gasteiger partial charge in [0, 0.05) is 17.1 Å². The van der Waals surface area contributed by atoms with Crippen molar-refractivity contribution in [2.24, 2.45) is 0 Å². The van der Waals surface area contributed by atoms with Crippen molar-refractivity contribution in [2.75, 3.05) is 19.0 Å². The highest BCUT2D eigenvalue weighted by atomic mass is 79.9. The van der Waals surface area contributed by atoms with Gasteiger partial charge in [0.1, 0.15) is 5.75 Å². The predicted octanol–water partition coefficient (Wildman–Crippen LogP) is 3.37. The molecule has 1 aromatic rings. The SMILES string of the molecule is COc1ccc(Br)cc1NC(=O)N(CCC#N)C1CC1. The summed E-state index contributed by atoms with van der Waals surface area (Å²) in [5, 5.41) is 11.5. The fraction of sp³-hybridized carbons (Fsp3) is 0.429. The van der Waals surface area contributed by atoms with E-state index in [0.717, 1.165) is 17.3 Å². The Labute approximate surface area is 126 Å². The topological polar surface area (TPSA) is 65.4 Å². The lowest BCUT2D eigenvalue weighted by molar-refractivity contribution is 0.210. The number of hydrogen-bond acceptors (Lipinski definition) is 3. The van der Waals surface area contributed by atoms with Crippen LogP contribution in [0.15, 0.2) is 22.7 Å². The molecule has 0 aromatic heterocycles. The van der Waals surface area contributed by atoms with Crippen molar-refractivity contribution < 1.29 is 9.53 Å². The smallest absolute Gasteiger partial charge is 0.322 e. The molecule has 1 fully saturated rings. The zero-order valence-corrected chi connectivity index (χ0v) is 12.8. The van der Waals surface area contributed by atoms with Crippen molar-refractivity contribution >= 4 is 27.6 Å². The van der Waals surface area contributed by atoms with Gasteiger partial charge in [0.15, 0.2) is 0 Å². The molecule has 1 aliphatic carbocycles. The van der Waals surface area contributed by atoms with Crippen molar-refractivity contribution in [3.8, 4) is 11.8 Å². The zero-order valence-electron chi connectivity index (χ0n) is 11.2. The predicted molar refractivity (Wildman–Crippen MR) is 79.7 cm³/mol. The maximum Gasteiger partial charge on any atom is 0.322 e. The lowest BCUT2D eigenvalue weighted by atomic mass is 10.3. The van der Waals surface area contributed by atoms with Crippen molar-refractivity contribution in [2.45, 2.75) is 25.3 Å². The van der Waals surface area contributed by atoms with Gasteiger partial charge in [-0.2, -0.15) is 5.26 Å². The van der Waals surface area contributed by atoms with Crippen LogP contribution in [-0.4, -0.2) is 30.6 Å². The average Bonchev–Trinajstić information content (AvgIpc) is 3.24. The van der Waals surface area contributed by atoms with Crippen LogP contribution in [0.2, 0.25) is 0 Å². The number of carbonyl (C=O) groups excluding carboxylic acids is 1. The number of hydrogen-bond donors (Lipinski definition) is 1. The first-order valence-electron chi connectivity index (χ1n) is 6.44. The number of benzene rings is 1. The van der Waals surface area contributed by atoms with Crippen LogP contribution in [0.1, 0.15) is 19.3 Å². The molecule has 0 saturated heterocycles. The van der Waals surface area contributed by atoms with Gasteiger partial charge in [0.05, 0.1) is 25.3 Å². The number of nitrogens with one attached hydrogen (secondary N) is 1. The van der Waals surface area contributed by atoms with Gasteiger partial charge >= 0.3 is 6.03 Å². The fourth-order valence-electron chi connectivity index (χ4n) is 1.97. The average molecular weight is 338 g/mol. The van der Waals surface area contributed by atoms with Crippen molar-refractivity contribution in [3.63, 3.8) is 0 Å². The quantitative estimate of drug-likeness (QED) is 0.895. The molecule has 0 bridgehead atoms. The lowest BCUT2D eigenvalue weighted by Crippen LogP contribution is -2.37. The van der Waals surface area contributed by atoms with E-state index < -0.39 is 0 Å². The summed E-state index contributed by atoms with van der Waals surface area (Å²) in [5.41, 5.74) is 0.620. The minimum absolute atomic E-state index is 0.181. The number of urea groups is 1. The Morgan fingerprint density at radius 3 is 2.95 bits per heavy atom. The molecule has 106 valence electrons. The molecule has 2 amide bonds. The highest BCUT2D eigenvalue weighted by Gasteiger charge is 2.32. The Morgan fingerprint density at radius 2 is 2.35 bits per heavy atom. The van der Waals surface area contributed by atoms with Gasteiger partial charge in [-0.05, 0) is 31.0 Å². The number of rotatable bonds is 5. The molecule has 20 heavy (non-hydrogen) atoms. The van der Waals surface area contributed by atoms with E-state index >= 15 is 0 Å². The summed E-state index contributed by atoms with van der Waals surface area (Å²) in [5.74, 6) is 0.609. The molecule has 5 nitrogen and oxygen atoms in total. The normalized spacial score (nSPS) is 13.4. The van der Waals surface area contributed by atoms with E-state index in [2.05, 4.69) is 27.3 Å². The van der Waals surface area contributed by atoms with Crippen LogP contribution in [0.4, 0.5) is 10.5 Å². The first-order valence-corrected chi connectivity index (χ1v) is 7.23. The summed E-state index contributed by atoms with van der Waals surface area (Å²) in [6, 6.07) is 7.60.